The summed E-state index contributed by atoms with van der Waals surface area (Å²) in [4.78, 5) is 21.8. The largest absolute Gasteiger partial charge is 0.351 e. The standard InChI is InChI=1S/C10H21N3O2/c1-4-6-8(5-2)12-7(3)9(14)13-10(11)15/h7-8,12H,4-6H2,1-3H3,(H3,11,13,14,15). The van der Waals surface area contributed by atoms with Crippen molar-refractivity contribution in [2.45, 2.75) is 52.1 Å². The van der Waals surface area contributed by atoms with Gasteiger partial charge in [-0.2, -0.15) is 0 Å². The molecule has 0 saturated heterocycles. The third-order valence-corrected chi connectivity index (χ3v) is 2.26. The van der Waals surface area contributed by atoms with Crippen LogP contribution in [0.25, 0.3) is 0 Å². The van der Waals surface area contributed by atoms with Gasteiger partial charge in [-0.25, -0.2) is 4.79 Å². The fourth-order valence-corrected chi connectivity index (χ4v) is 1.41. The van der Waals surface area contributed by atoms with Crippen molar-refractivity contribution in [3.05, 3.63) is 0 Å². The Morgan fingerprint density at radius 3 is 2.33 bits per heavy atom. The first-order valence-electron chi connectivity index (χ1n) is 5.37. The summed E-state index contributed by atoms with van der Waals surface area (Å²) in [6.07, 6.45) is 3.04. The van der Waals surface area contributed by atoms with E-state index in [0.717, 1.165) is 19.3 Å². The molecule has 0 aliphatic rings. The van der Waals surface area contributed by atoms with Crippen molar-refractivity contribution in [1.29, 1.82) is 0 Å². The van der Waals surface area contributed by atoms with Crippen molar-refractivity contribution in [3.8, 4) is 0 Å². The van der Waals surface area contributed by atoms with Crippen LogP contribution in [0.2, 0.25) is 0 Å². The van der Waals surface area contributed by atoms with Gasteiger partial charge in [-0.15, -0.1) is 0 Å². The number of nitrogens with two attached hydrogens (primary N) is 1. The maximum atomic E-state index is 11.3. The Hall–Kier alpha value is -1.10. The molecule has 0 aliphatic heterocycles. The van der Waals surface area contributed by atoms with Crippen LogP contribution in [-0.2, 0) is 4.79 Å². The fraction of sp³-hybridized carbons (Fsp3) is 0.800. The molecule has 88 valence electrons. The summed E-state index contributed by atoms with van der Waals surface area (Å²) in [6.45, 7) is 5.88. The van der Waals surface area contributed by atoms with E-state index in [1.54, 1.807) is 6.92 Å². The number of carbonyl (C=O) groups is 2. The normalized spacial score (nSPS) is 14.3. The van der Waals surface area contributed by atoms with E-state index >= 15 is 0 Å². The fourth-order valence-electron chi connectivity index (χ4n) is 1.41. The smallest absolute Gasteiger partial charge is 0.318 e. The quantitative estimate of drug-likeness (QED) is 0.611. The van der Waals surface area contributed by atoms with Gasteiger partial charge in [0.05, 0.1) is 6.04 Å². The van der Waals surface area contributed by atoms with Crippen molar-refractivity contribution in [2.75, 3.05) is 0 Å². The van der Waals surface area contributed by atoms with Crippen molar-refractivity contribution >= 4 is 11.9 Å². The lowest BCUT2D eigenvalue weighted by Gasteiger charge is -2.20. The van der Waals surface area contributed by atoms with Gasteiger partial charge in [0.1, 0.15) is 0 Å². The van der Waals surface area contributed by atoms with Crippen LogP contribution >= 0.6 is 0 Å². The first kappa shape index (κ1) is 13.9. The topological polar surface area (TPSA) is 84.2 Å². The second kappa shape index (κ2) is 7.23. The Balaban J connectivity index is 4.03. The molecule has 2 unspecified atom stereocenters. The van der Waals surface area contributed by atoms with Gasteiger partial charge in [0.15, 0.2) is 0 Å². The molecule has 3 amide bonds. The Bertz CT molecular complexity index is 219. The van der Waals surface area contributed by atoms with E-state index < -0.39 is 12.1 Å². The lowest BCUT2D eigenvalue weighted by atomic mass is 10.1. The molecule has 0 rings (SSSR count). The van der Waals surface area contributed by atoms with Crippen molar-refractivity contribution in [3.63, 3.8) is 0 Å². The van der Waals surface area contributed by atoms with Crippen LogP contribution in [0.15, 0.2) is 0 Å². The summed E-state index contributed by atoms with van der Waals surface area (Å²) in [6, 6.07) is -0.894. The summed E-state index contributed by atoms with van der Waals surface area (Å²) in [5, 5.41) is 5.20. The third kappa shape index (κ3) is 6.06. The van der Waals surface area contributed by atoms with Crippen molar-refractivity contribution < 1.29 is 9.59 Å². The zero-order valence-corrected chi connectivity index (χ0v) is 9.67. The highest BCUT2D eigenvalue weighted by molar-refractivity contribution is 5.96. The molecule has 0 saturated carbocycles. The molecule has 4 N–H and O–H groups in total. The number of imide groups is 1. The molecule has 5 heteroatoms. The van der Waals surface area contributed by atoms with Crippen LogP contribution in [0.3, 0.4) is 0 Å². The van der Waals surface area contributed by atoms with Crippen LogP contribution in [0.1, 0.15) is 40.0 Å². The lowest BCUT2D eigenvalue weighted by Crippen LogP contribution is -2.49. The van der Waals surface area contributed by atoms with Gasteiger partial charge < -0.3 is 11.1 Å². The Labute approximate surface area is 90.8 Å². The summed E-state index contributed by atoms with van der Waals surface area (Å²) < 4.78 is 0. The number of rotatable bonds is 6. The predicted molar refractivity (Wildman–Crippen MR) is 59.3 cm³/mol. The summed E-state index contributed by atoms with van der Waals surface area (Å²) in [5.74, 6) is -0.378. The molecule has 0 aromatic carbocycles. The summed E-state index contributed by atoms with van der Waals surface area (Å²) >= 11 is 0. The number of hydrogen-bond donors (Lipinski definition) is 3. The molecule has 5 nitrogen and oxygen atoms in total. The number of nitrogens with one attached hydrogen (secondary N) is 2. The predicted octanol–water partition coefficient (Wildman–Crippen LogP) is 0.738. The second-order valence-electron chi connectivity index (χ2n) is 3.64. The van der Waals surface area contributed by atoms with E-state index in [1.165, 1.54) is 0 Å². The van der Waals surface area contributed by atoms with Crippen LogP contribution in [0, 0.1) is 0 Å². The van der Waals surface area contributed by atoms with Crippen LogP contribution < -0.4 is 16.4 Å². The zero-order chi connectivity index (χ0) is 11.8. The van der Waals surface area contributed by atoms with Crippen molar-refractivity contribution in [1.82, 2.24) is 10.6 Å². The van der Waals surface area contributed by atoms with Gasteiger partial charge in [-0.1, -0.05) is 20.3 Å². The third-order valence-electron chi connectivity index (χ3n) is 2.26. The molecule has 0 spiro atoms. The summed E-state index contributed by atoms with van der Waals surface area (Å²) in [5.41, 5.74) is 4.85. The average molecular weight is 215 g/mol. The highest BCUT2D eigenvalue weighted by Crippen LogP contribution is 2.02. The maximum Gasteiger partial charge on any atom is 0.318 e. The highest BCUT2D eigenvalue weighted by Gasteiger charge is 2.17. The van der Waals surface area contributed by atoms with Crippen LogP contribution in [-0.4, -0.2) is 24.0 Å². The van der Waals surface area contributed by atoms with Gasteiger partial charge in [0.25, 0.3) is 0 Å². The zero-order valence-electron chi connectivity index (χ0n) is 9.67. The van der Waals surface area contributed by atoms with Crippen molar-refractivity contribution in [2.24, 2.45) is 5.73 Å². The van der Waals surface area contributed by atoms with E-state index in [1.807, 2.05) is 0 Å². The number of carbonyl (C=O) groups excluding carboxylic acids is 2. The van der Waals surface area contributed by atoms with Crippen LogP contribution in [0.5, 0.6) is 0 Å². The molecule has 0 fully saturated rings. The highest BCUT2D eigenvalue weighted by atomic mass is 16.2. The Morgan fingerprint density at radius 1 is 1.33 bits per heavy atom. The van der Waals surface area contributed by atoms with Gasteiger partial charge in [0, 0.05) is 6.04 Å². The molecule has 15 heavy (non-hydrogen) atoms. The maximum absolute atomic E-state index is 11.3. The Morgan fingerprint density at radius 2 is 1.93 bits per heavy atom. The monoisotopic (exact) mass is 215 g/mol. The van der Waals surface area contributed by atoms with Crippen LogP contribution in [0.4, 0.5) is 4.79 Å². The van der Waals surface area contributed by atoms with E-state index in [0.29, 0.717) is 6.04 Å². The average Bonchev–Trinajstić information content (AvgIpc) is 2.15. The first-order chi connectivity index (χ1) is 7.01. The molecule has 0 bridgehead atoms. The minimum Gasteiger partial charge on any atom is -0.351 e. The van der Waals surface area contributed by atoms with Gasteiger partial charge in [-0.05, 0) is 19.8 Å². The molecular weight excluding hydrogens is 194 g/mol. The molecular formula is C10H21N3O2. The molecule has 2 atom stereocenters. The molecule has 0 heterocycles. The number of primary amides is 1. The minimum atomic E-state index is -0.808. The van der Waals surface area contributed by atoms with E-state index in [2.05, 4.69) is 24.5 Å². The second-order valence-corrected chi connectivity index (χ2v) is 3.64. The summed E-state index contributed by atoms with van der Waals surface area (Å²) in [7, 11) is 0. The Kier molecular flexibility index (Phi) is 6.70. The molecule has 0 aliphatic carbocycles. The number of hydrogen-bond acceptors (Lipinski definition) is 3. The number of amides is 3. The molecule has 0 aromatic rings. The van der Waals surface area contributed by atoms with E-state index in [9.17, 15) is 9.59 Å². The van der Waals surface area contributed by atoms with Gasteiger partial charge in [-0.3, -0.25) is 10.1 Å². The SMILES string of the molecule is CCCC(CC)NC(C)C(=O)NC(N)=O. The lowest BCUT2D eigenvalue weighted by molar-refractivity contribution is -0.121. The minimum absolute atomic E-state index is 0.309. The van der Waals surface area contributed by atoms with Gasteiger partial charge >= 0.3 is 6.03 Å². The molecule has 0 aromatic heterocycles. The molecule has 0 radical (unpaired) electrons. The van der Waals surface area contributed by atoms with Gasteiger partial charge in [0.2, 0.25) is 5.91 Å². The number of urea groups is 1. The first-order valence-corrected chi connectivity index (χ1v) is 5.37. The van der Waals surface area contributed by atoms with E-state index in [-0.39, 0.29) is 5.91 Å². The van der Waals surface area contributed by atoms with E-state index in [4.69, 9.17) is 5.73 Å².